The van der Waals surface area contributed by atoms with Crippen LogP contribution in [0.15, 0.2) is 78.4 Å². The van der Waals surface area contributed by atoms with E-state index in [2.05, 4.69) is 13.0 Å². The zero-order valence-electron chi connectivity index (χ0n) is 17.3. The second kappa shape index (κ2) is 13.3. The van der Waals surface area contributed by atoms with Crippen molar-refractivity contribution in [1.29, 1.82) is 0 Å². The summed E-state index contributed by atoms with van der Waals surface area (Å²) in [4.78, 5) is 0. The van der Waals surface area contributed by atoms with E-state index in [0.717, 1.165) is 17.3 Å². The molecule has 0 N–H and O–H groups in total. The van der Waals surface area contributed by atoms with Gasteiger partial charge in [-0.2, -0.15) is 0 Å². The number of rotatable bonds is 13. The first-order valence-corrected chi connectivity index (χ1v) is 12.7. The molecule has 2 rings (SSSR count). The molecule has 1 unspecified atom stereocenters. The molecule has 0 fully saturated rings. The Bertz CT molecular complexity index is 747. The van der Waals surface area contributed by atoms with Crippen molar-refractivity contribution in [1.82, 2.24) is 0 Å². The van der Waals surface area contributed by atoms with Crippen molar-refractivity contribution < 1.29 is 4.57 Å². The highest BCUT2D eigenvalue weighted by Crippen LogP contribution is 2.48. The van der Waals surface area contributed by atoms with Gasteiger partial charge in [0.05, 0.1) is 0 Å². The highest BCUT2D eigenvalue weighted by Gasteiger charge is 2.16. The van der Waals surface area contributed by atoms with Crippen molar-refractivity contribution in [3.05, 3.63) is 83.9 Å². The van der Waals surface area contributed by atoms with E-state index in [1.54, 1.807) is 0 Å². The summed E-state index contributed by atoms with van der Waals surface area (Å²) in [6, 6.07) is 19.9. The third-order valence-electron chi connectivity index (χ3n) is 5.00. The number of allylic oxidation sites excluding steroid dienone is 1. The van der Waals surface area contributed by atoms with Gasteiger partial charge in [-0.25, -0.2) is 0 Å². The van der Waals surface area contributed by atoms with E-state index in [0.29, 0.717) is 0 Å². The Morgan fingerprint density at radius 3 is 1.93 bits per heavy atom. The molecule has 0 spiro atoms. The predicted molar refractivity (Wildman–Crippen MR) is 126 cm³/mol. The summed E-state index contributed by atoms with van der Waals surface area (Å²) >= 11 is 0. The molecule has 1 nitrogen and oxygen atoms in total. The zero-order chi connectivity index (χ0) is 19.9. The third kappa shape index (κ3) is 8.44. The summed E-state index contributed by atoms with van der Waals surface area (Å²) in [5.41, 5.74) is 1.08. The molecule has 0 aliphatic rings. The third-order valence-corrected chi connectivity index (χ3v) is 7.35. The van der Waals surface area contributed by atoms with Gasteiger partial charge in [-0.3, -0.25) is 0 Å². The molecule has 2 aromatic carbocycles. The van der Waals surface area contributed by atoms with Crippen molar-refractivity contribution in [2.75, 3.05) is 0 Å². The molecule has 0 bridgehead atoms. The van der Waals surface area contributed by atoms with Crippen molar-refractivity contribution >= 4 is 18.5 Å². The van der Waals surface area contributed by atoms with Crippen molar-refractivity contribution in [3.63, 3.8) is 0 Å². The maximum absolute atomic E-state index is 13.7. The first-order chi connectivity index (χ1) is 13.7. The van der Waals surface area contributed by atoms with Crippen molar-refractivity contribution in [2.45, 2.75) is 64.7 Å². The van der Waals surface area contributed by atoms with Crippen LogP contribution in [0.3, 0.4) is 0 Å². The number of hydrogen-bond donors (Lipinski definition) is 0. The van der Waals surface area contributed by atoms with Gasteiger partial charge < -0.3 is 4.57 Å². The van der Waals surface area contributed by atoms with Crippen LogP contribution in [0.5, 0.6) is 0 Å². The lowest BCUT2D eigenvalue weighted by atomic mass is 10.1. The molecule has 0 amide bonds. The molecule has 0 aromatic heterocycles. The Morgan fingerprint density at radius 1 is 0.714 bits per heavy atom. The normalized spacial score (nSPS) is 13.9. The van der Waals surface area contributed by atoms with Crippen LogP contribution in [0.25, 0.3) is 6.08 Å². The standard InChI is InChI=1S/C26H35OP/c1-2-3-4-5-6-7-8-9-10-17-23-28(27,26-20-15-12-16-21-26)24-22-25-18-13-11-14-19-25/h11-24H,2-10H2,1H3/b23-17+,24-22+. The summed E-state index contributed by atoms with van der Waals surface area (Å²) in [7, 11) is -2.67. The van der Waals surface area contributed by atoms with E-state index in [1.165, 1.54) is 51.4 Å². The Labute approximate surface area is 172 Å². The van der Waals surface area contributed by atoms with Crippen LogP contribution < -0.4 is 5.30 Å². The molecular formula is C26H35OP. The van der Waals surface area contributed by atoms with Gasteiger partial charge in [0.1, 0.15) is 0 Å². The fraction of sp³-hybridized carbons (Fsp3) is 0.385. The van der Waals surface area contributed by atoms with Gasteiger partial charge in [-0.1, -0.05) is 125 Å². The molecule has 2 aromatic rings. The minimum absolute atomic E-state index is 0.898. The summed E-state index contributed by atoms with van der Waals surface area (Å²) in [6.07, 6.45) is 15.7. The molecule has 0 radical (unpaired) electrons. The average molecular weight is 395 g/mol. The van der Waals surface area contributed by atoms with Gasteiger partial charge in [0.2, 0.25) is 0 Å². The van der Waals surface area contributed by atoms with Crippen molar-refractivity contribution in [3.8, 4) is 0 Å². The largest absolute Gasteiger partial charge is 0.310 e. The van der Waals surface area contributed by atoms with Crippen LogP contribution in [0.4, 0.5) is 0 Å². The monoisotopic (exact) mass is 394 g/mol. The van der Waals surface area contributed by atoms with Crippen LogP contribution >= 0.6 is 7.14 Å². The molecule has 150 valence electrons. The van der Waals surface area contributed by atoms with E-state index in [1.807, 2.05) is 78.4 Å². The quantitative estimate of drug-likeness (QED) is 0.246. The first kappa shape index (κ1) is 22.4. The molecule has 0 aliphatic carbocycles. The smallest absolute Gasteiger partial charge is 0.156 e. The summed E-state index contributed by atoms with van der Waals surface area (Å²) in [6.45, 7) is 2.26. The molecule has 0 aliphatic heterocycles. The second-order valence-corrected chi connectivity index (χ2v) is 9.95. The SMILES string of the molecule is CCCCCCCCCC/C=C/P(=O)(/C=C/c1ccccc1)c1ccccc1. The number of benzene rings is 2. The molecule has 0 saturated heterocycles. The maximum atomic E-state index is 13.7. The second-order valence-electron chi connectivity index (χ2n) is 7.42. The Morgan fingerprint density at radius 2 is 1.29 bits per heavy atom. The van der Waals surface area contributed by atoms with E-state index >= 15 is 0 Å². The highest BCUT2D eigenvalue weighted by atomic mass is 31.2. The number of unbranched alkanes of at least 4 members (excludes halogenated alkanes) is 8. The Kier molecular flexibility index (Phi) is 10.7. The van der Waals surface area contributed by atoms with Gasteiger partial charge in [-0.15, -0.1) is 0 Å². The zero-order valence-corrected chi connectivity index (χ0v) is 18.2. The van der Waals surface area contributed by atoms with Gasteiger partial charge in [0, 0.05) is 5.30 Å². The van der Waals surface area contributed by atoms with Crippen LogP contribution in [0.1, 0.15) is 70.3 Å². The Hall–Kier alpha value is -1.85. The van der Waals surface area contributed by atoms with E-state index < -0.39 is 7.14 Å². The van der Waals surface area contributed by atoms with Gasteiger partial charge in [0.15, 0.2) is 7.14 Å². The van der Waals surface area contributed by atoms with E-state index in [-0.39, 0.29) is 0 Å². The lowest BCUT2D eigenvalue weighted by molar-refractivity contribution is 0.577. The van der Waals surface area contributed by atoms with E-state index in [9.17, 15) is 4.57 Å². The van der Waals surface area contributed by atoms with Crippen molar-refractivity contribution in [2.24, 2.45) is 0 Å². The van der Waals surface area contributed by atoms with Gasteiger partial charge in [0.25, 0.3) is 0 Å². The fourth-order valence-electron chi connectivity index (χ4n) is 3.27. The average Bonchev–Trinajstić information content (AvgIpc) is 2.75. The number of hydrogen-bond acceptors (Lipinski definition) is 1. The summed E-state index contributed by atoms with van der Waals surface area (Å²) < 4.78 is 13.7. The topological polar surface area (TPSA) is 17.1 Å². The van der Waals surface area contributed by atoms with Crippen LogP contribution in [0, 0.1) is 0 Å². The van der Waals surface area contributed by atoms with Crippen LogP contribution in [-0.2, 0) is 4.57 Å². The molecule has 0 heterocycles. The molecular weight excluding hydrogens is 359 g/mol. The summed E-state index contributed by atoms with van der Waals surface area (Å²) in [5, 5.41) is 0.898. The lowest BCUT2D eigenvalue weighted by Gasteiger charge is -2.10. The van der Waals surface area contributed by atoms with Gasteiger partial charge in [-0.05, 0) is 30.0 Å². The molecule has 1 atom stereocenters. The van der Waals surface area contributed by atoms with Gasteiger partial charge >= 0.3 is 0 Å². The summed E-state index contributed by atoms with van der Waals surface area (Å²) in [5.74, 6) is 3.84. The minimum atomic E-state index is -2.67. The lowest BCUT2D eigenvalue weighted by Crippen LogP contribution is -1.99. The molecule has 2 heteroatoms. The molecule has 0 saturated carbocycles. The fourth-order valence-corrected chi connectivity index (χ4v) is 5.21. The minimum Gasteiger partial charge on any atom is -0.310 e. The Balaban J connectivity index is 1.89. The first-order valence-electron chi connectivity index (χ1n) is 10.8. The van der Waals surface area contributed by atoms with Crippen LogP contribution in [-0.4, -0.2) is 0 Å². The molecule has 28 heavy (non-hydrogen) atoms. The maximum Gasteiger partial charge on any atom is 0.156 e. The predicted octanol–water partition coefficient (Wildman–Crippen LogP) is 8.39. The van der Waals surface area contributed by atoms with E-state index in [4.69, 9.17) is 0 Å². The van der Waals surface area contributed by atoms with Crippen LogP contribution in [0.2, 0.25) is 0 Å². The highest BCUT2D eigenvalue weighted by molar-refractivity contribution is 7.77.